The summed E-state index contributed by atoms with van der Waals surface area (Å²) in [6, 6.07) is 24.9. The molecule has 0 bridgehead atoms. The van der Waals surface area contributed by atoms with Crippen LogP contribution in [0.3, 0.4) is 0 Å². The third-order valence-corrected chi connectivity index (χ3v) is 6.33. The van der Waals surface area contributed by atoms with Crippen molar-refractivity contribution >= 4 is 35.0 Å². The number of nitrogens with zero attached hydrogens (tertiary/aromatic N) is 1. The number of thioether (sulfide) groups is 1. The Morgan fingerprint density at radius 3 is 2.45 bits per heavy atom. The second-order valence-electron chi connectivity index (χ2n) is 7.50. The van der Waals surface area contributed by atoms with E-state index in [-0.39, 0.29) is 23.8 Å². The van der Waals surface area contributed by atoms with E-state index in [1.54, 1.807) is 11.8 Å². The van der Waals surface area contributed by atoms with Gasteiger partial charge in [0.1, 0.15) is 17.7 Å². The summed E-state index contributed by atoms with van der Waals surface area (Å²) < 4.78 is 11.0. The van der Waals surface area contributed by atoms with Crippen molar-refractivity contribution in [3.8, 4) is 5.75 Å². The van der Waals surface area contributed by atoms with Crippen molar-refractivity contribution < 1.29 is 19.1 Å². The first-order valence-corrected chi connectivity index (χ1v) is 11.9. The lowest BCUT2D eigenvalue weighted by molar-refractivity contribution is -0.121. The highest BCUT2D eigenvalue weighted by atomic mass is 32.2. The van der Waals surface area contributed by atoms with Crippen molar-refractivity contribution in [3.63, 3.8) is 0 Å². The summed E-state index contributed by atoms with van der Waals surface area (Å²) >= 11 is 1.59. The number of anilines is 2. The molecule has 1 fully saturated rings. The van der Waals surface area contributed by atoms with E-state index in [1.807, 2.05) is 90.7 Å². The van der Waals surface area contributed by atoms with Gasteiger partial charge in [0.05, 0.1) is 19.0 Å². The highest BCUT2D eigenvalue weighted by molar-refractivity contribution is 8.00. The van der Waals surface area contributed by atoms with E-state index in [9.17, 15) is 9.59 Å². The first-order chi connectivity index (χ1) is 16.1. The van der Waals surface area contributed by atoms with Crippen LogP contribution in [0, 0.1) is 0 Å². The highest BCUT2D eigenvalue weighted by Crippen LogP contribution is 2.42. The summed E-state index contributed by atoms with van der Waals surface area (Å²) in [4.78, 5) is 26.6. The van der Waals surface area contributed by atoms with Crippen LogP contribution < -0.4 is 15.0 Å². The van der Waals surface area contributed by atoms with Gasteiger partial charge < -0.3 is 14.8 Å². The molecule has 3 aromatic carbocycles. The Balaban J connectivity index is 1.35. The number of carbonyl (C=O) groups is 2. The van der Waals surface area contributed by atoms with Crippen molar-refractivity contribution in [2.75, 3.05) is 29.2 Å². The van der Waals surface area contributed by atoms with Crippen LogP contribution in [-0.4, -0.2) is 30.8 Å². The fourth-order valence-electron chi connectivity index (χ4n) is 3.58. The SMILES string of the molecule is CCOc1ccc(N2C(=O)CSC2c2ccc(NC(=O)COCc3ccccc3)cc2)cc1. The third-order valence-electron chi connectivity index (χ3n) is 5.12. The van der Waals surface area contributed by atoms with E-state index < -0.39 is 0 Å². The number of nitrogens with one attached hydrogen (secondary N) is 1. The molecular weight excluding hydrogens is 436 g/mol. The van der Waals surface area contributed by atoms with Gasteiger partial charge in [-0.2, -0.15) is 0 Å². The molecule has 0 radical (unpaired) electrons. The average Bonchev–Trinajstić information content (AvgIpc) is 3.22. The molecule has 1 aliphatic heterocycles. The predicted molar refractivity (Wildman–Crippen MR) is 131 cm³/mol. The normalized spacial score (nSPS) is 15.5. The number of ether oxygens (including phenoxy) is 2. The molecule has 0 aromatic heterocycles. The van der Waals surface area contributed by atoms with Gasteiger partial charge in [-0.25, -0.2) is 0 Å². The zero-order valence-electron chi connectivity index (χ0n) is 18.4. The second kappa shape index (κ2) is 11.0. The van der Waals surface area contributed by atoms with Crippen LogP contribution >= 0.6 is 11.8 Å². The summed E-state index contributed by atoms with van der Waals surface area (Å²) in [5.74, 6) is 1.07. The van der Waals surface area contributed by atoms with E-state index in [4.69, 9.17) is 9.47 Å². The number of benzene rings is 3. The largest absolute Gasteiger partial charge is 0.494 e. The molecule has 1 atom stereocenters. The molecule has 1 saturated heterocycles. The topological polar surface area (TPSA) is 67.9 Å². The van der Waals surface area contributed by atoms with Gasteiger partial charge in [0, 0.05) is 11.4 Å². The minimum atomic E-state index is -0.208. The van der Waals surface area contributed by atoms with Gasteiger partial charge in [-0.05, 0) is 54.4 Å². The monoisotopic (exact) mass is 462 g/mol. The quantitative estimate of drug-likeness (QED) is 0.484. The van der Waals surface area contributed by atoms with Gasteiger partial charge in [0.25, 0.3) is 0 Å². The zero-order valence-corrected chi connectivity index (χ0v) is 19.2. The highest BCUT2D eigenvalue weighted by Gasteiger charge is 2.34. The Morgan fingerprint density at radius 1 is 1.03 bits per heavy atom. The van der Waals surface area contributed by atoms with E-state index in [1.165, 1.54) is 0 Å². The number of amides is 2. The van der Waals surface area contributed by atoms with Crippen molar-refractivity contribution in [2.45, 2.75) is 18.9 Å². The van der Waals surface area contributed by atoms with Crippen LogP contribution in [0.2, 0.25) is 0 Å². The standard InChI is InChI=1S/C26H26N2O4S/c1-2-32-23-14-12-22(13-15-23)28-25(30)18-33-26(28)20-8-10-21(11-9-20)27-24(29)17-31-16-19-6-4-3-5-7-19/h3-15,26H,2,16-18H2,1H3,(H,27,29). The van der Waals surface area contributed by atoms with Gasteiger partial charge in [-0.15, -0.1) is 11.8 Å². The molecule has 0 spiro atoms. The fourth-order valence-corrected chi connectivity index (χ4v) is 4.76. The molecule has 0 aliphatic carbocycles. The molecule has 33 heavy (non-hydrogen) atoms. The molecule has 4 rings (SSSR count). The Morgan fingerprint density at radius 2 is 1.76 bits per heavy atom. The Hall–Kier alpha value is -3.29. The molecule has 1 heterocycles. The maximum atomic E-state index is 12.6. The van der Waals surface area contributed by atoms with Crippen LogP contribution in [0.15, 0.2) is 78.9 Å². The van der Waals surface area contributed by atoms with Crippen LogP contribution in [0.5, 0.6) is 5.75 Å². The maximum Gasteiger partial charge on any atom is 0.250 e. The molecule has 2 amide bonds. The lowest BCUT2D eigenvalue weighted by Crippen LogP contribution is -2.27. The molecule has 170 valence electrons. The van der Waals surface area contributed by atoms with E-state index in [2.05, 4.69) is 5.32 Å². The summed E-state index contributed by atoms with van der Waals surface area (Å²) in [7, 11) is 0. The molecule has 1 aliphatic rings. The average molecular weight is 463 g/mol. The molecule has 3 aromatic rings. The molecule has 7 heteroatoms. The molecule has 6 nitrogen and oxygen atoms in total. The first kappa shape index (κ1) is 22.9. The smallest absolute Gasteiger partial charge is 0.250 e. The van der Waals surface area contributed by atoms with E-state index in [0.717, 1.165) is 22.6 Å². The summed E-state index contributed by atoms with van der Waals surface area (Å²) in [6.07, 6.45) is 0. The van der Waals surface area contributed by atoms with E-state index >= 15 is 0 Å². The molecule has 0 saturated carbocycles. The molecular formula is C26H26N2O4S. The van der Waals surface area contributed by atoms with Crippen molar-refractivity contribution in [1.82, 2.24) is 0 Å². The fraction of sp³-hybridized carbons (Fsp3) is 0.231. The van der Waals surface area contributed by atoms with Crippen molar-refractivity contribution in [3.05, 3.63) is 90.0 Å². The van der Waals surface area contributed by atoms with Gasteiger partial charge in [0.15, 0.2) is 0 Å². The minimum absolute atomic E-state index is 0.0187. The second-order valence-corrected chi connectivity index (χ2v) is 8.57. The Kier molecular flexibility index (Phi) is 7.65. The van der Waals surface area contributed by atoms with Crippen LogP contribution in [-0.2, 0) is 20.9 Å². The number of rotatable bonds is 9. The third kappa shape index (κ3) is 5.94. The Labute approximate surface area is 197 Å². The van der Waals surface area contributed by atoms with Gasteiger partial charge in [0.2, 0.25) is 11.8 Å². The van der Waals surface area contributed by atoms with Gasteiger partial charge >= 0.3 is 0 Å². The maximum absolute atomic E-state index is 12.6. The van der Waals surface area contributed by atoms with Crippen LogP contribution in [0.25, 0.3) is 0 Å². The number of hydrogen-bond donors (Lipinski definition) is 1. The van der Waals surface area contributed by atoms with Crippen LogP contribution in [0.1, 0.15) is 23.4 Å². The number of hydrogen-bond acceptors (Lipinski definition) is 5. The van der Waals surface area contributed by atoms with Gasteiger partial charge in [-0.3, -0.25) is 14.5 Å². The summed E-state index contributed by atoms with van der Waals surface area (Å²) in [5.41, 5.74) is 3.55. The van der Waals surface area contributed by atoms with Gasteiger partial charge in [-0.1, -0.05) is 42.5 Å². The molecule has 1 N–H and O–H groups in total. The van der Waals surface area contributed by atoms with Crippen molar-refractivity contribution in [2.24, 2.45) is 0 Å². The van der Waals surface area contributed by atoms with Crippen LogP contribution in [0.4, 0.5) is 11.4 Å². The lowest BCUT2D eigenvalue weighted by Gasteiger charge is -2.24. The number of carbonyl (C=O) groups excluding carboxylic acids is 2. The first-order valence-electron chi connectivity index (χ1n) is 10.8. The predicted octanol–water partition coefficient (Wildman–Crippen LogP) is 5.02. The van der Waals surface area contributed by atoms with Crippen molar-refractivity contribution in [1.29, 1.82) is 0 Å². The summed E-state index contributed by atoms with van der Waals surface area (Å²) in [6.45, 7) is 2.91. The molecule has 1 unspecified atom stereocenters. The Bertz CT molecular complexity index is 1070. The lowest BCUT2D eigenvalue weighted by atomic mass is 10.1. The zero-order chi connectivity index (χ0) is 23.0. The summed E-state index contributed by atoms with van der Waals surface area (Å²) in [5, 5.41) is 2.73. The van der Waals surface area contributed by atoms with E-state index in [0.29, 0.717) is 24.7 Å². The minimum Gasteiger partial charge on any atom is -0.494 e.